The number of hydrogen-bond donors (Lipinski definition) is 1. The van der Waals surface area contributed by atoms with Crippen molar-refractivity contribution in [2.45, 2.75) is 25.6 Å². The highest BCUT2D eigenvalue weighted by atomic mass is 19.1. The highest BCUT2D eigenvalue weighted by Crippen LogP contribution is 2.17. The normalized spacial score (nSPS) is 16.7. The molecule has 0 aromatic heterocycles. The number of aliphatic hydroxyl groups excluding tert-OH is 1. The molecule has 1 aliphatic rings. The van der Waals surface area contributed by atoms with Crippen LogP contribution in [0, 0.1) is 5.82 Å². The number of methoxy groups -OCH3 is 1. The van der Waals surface area contributed by atoms with Crippen LogP contribution in [0.5, 0.6) is 0 Å². The molecular weight excluding hydrogens is 249 g/mol. The molecule has 0 atom stereocenters. The first kappa shape index (κ1) is 14.0. The minimum atomic E-state index is -0.368. The van der Waals surface area contributed by atoms with Gasteiger partial charge in [-0.05, 0) is 31.0 Å². The van der Waals surface area contributed by atoms with Crippen LogP contribution in [0.4, 0.5) is 4.39 Å². The van der Waals surface area contributed by atoms with Crippen molar-refractivity contribution in [2.75, 3.05) is 20.2 Å². The number of aliphatic hydroxyl groups is 1. The molecule has 19 heavy (non-hydrogen) atoms. The smallest absolute Gasteiger partial charge is 0.253 e. The molecule has 0 unspecified atom stereocenters. The second-order valence-electron chi connectivity index (χ2n) is 4.76. The summed E-state index contributed by atoms with van der Waals surface area (Å²) in [5.74, 6) is -0.489. The third kappa shape index (κ3) is 3.30. The van der Waals surface area contributed by atoms with Crippen molar-refractivity contribution < 1.29 is 19.0 Å². The number of carbonyl (C=O) groups excluding carboxylic acids is 1. The van der Waals surface area contributed by atoms with E-state index in [0.29, 0.717) is 37.1 Å². The molecule has 1 heterocycles. The summed E-state index contributed by atoms with van der Waals surface area (Å²) in [5.41, 5.74) is 0.843. The maximum Gasteiger partial charge on any atom is 0.253 e. The fraction of sp³-hybridized carbons (Fsp3) is 0.500. The van der Waals surface area contributed by atoms with E-state index < -0.39 is 0 Å². The summed E-state index contributed by atoms with van der Waals surface area (Å²) in [5, 5.41) is 9.43. The quantitative estimate of drug-likeness (QED) is 0.904. The molecule has 1 amide bonds. The summed E-state index contributed by atoms with van der Waals surface area (Å²) in [4.78, 5) is 13.9. The summed E-state index contributed by atoms with van der Waals surface area (Å²) in [6.45, 7) is 1.22. The lowest BCUT2D eigenvalue weighted by molar-refractivity contribution is 0.0546. The zero-order valence-electron chi connectivity index (χ0n) is 10.9. The lowest BCUT2D eigenvalue weighted by atomic mass is 10.1. The molecular formula is C14H18FNO3. The Hall–Kier alpha value is -1.46. The van der Waals surface area contributed by atoms with Gasteiger partial charge in [-0.25, -0.2) is 4.39 Å². The molecule has 0 saturated carbocycles. The number of ether oxygens (including phenoxy) is 1. The number of rotatable bonds is 3. The third-order valence-electron chi connectivity index (χ3n) is 3.34. The molecule has 1 aromatic rings. The van der Waals surface area contributed by atoms with Crippen molar-refractivity contribution >= 4 is 5.91 Å². The van der Waals surface area contributed by atoms with Crippen LogP contribution in [0.1, 0.15) is 28.8 Å². The third-order valence-corrected chi connectivity index (χ3v) is 3.34. The molecule has 1 N–H and O–H groups in total. The van der Waals surface area contributed by atoms with Crippen LogP contribution in [0.2, 0.25) is 0 Å². The van der Waals surface area contributed by atoms with Crippen molar-refractivity contribution in [3.63, 3.8) is 0 Å². The number of amides is 1. The van der Waals surface area contributed by atoms with E-state index in [9.17, 15) is 14.3 Å². The second-order valence-corrected chi connectivity index (χ2v) is 4.76. The Morgan fingerprint density at radius 2 is 2.16 bits per heavy atom. The van der Waals surface area contributed by atoms with E-state index in [0.717, 1.165) is 0 Å². The summed E-state index contributed by atoms with van der Waals surface area (Å²) in [6.07, 6.45) is 0.872. The van der Waals surface area contributed by atoms with E-state index in [1.54, 1.807) is 4.90 Å². The van der Waals surface area contributed by atoms with Crippen LogP contribution < -0.4 is 0 Å². The first-order valence-corrected chi connectivity index (χ1v) is 6.36. The van der Waals surface area contributed by atoms with Gasteiger partial charge in [-0.2, -0.15) is 0 Å². The SMILES string of the molecule is COCc1cc(C(=O)N2CCC(O)CC2)ccc1F. The molecule has 0 radical (unpaired) electrons. The summed E-state index contributed by atoms with van der Waals surface area (Å²) < 4.78 is 18.4. The van der Waals surface area contributed by atoms with Gasteiger partial charge in [0.15, 0.2) is 0 Å². The first-order valence-electron chi connectivity index (χ1n) is 6.36. The number of halogens is 1. The Balaban J connectivity index is 2.12. The number of piperidine rings is 1. The van der Waals surface area contributed by atoms with Gasteiger partial charge in [0, 0.05) is 31.3 Å². The van der Waals surface area contributed by atoms with Crippen LogP contribution in [0.15, 0.2) is 18.2 Å². The fourth-order valence-electron chi connectivity index (χ4n) is 2.23. The average Bonchev–Trinajstić information content (AvgIpc) is 2.41. The zero-order chi connectivity index (χ0) is 13.8. The van der Waals surface area contributed by atoms with E-state index in [4.69, 9.17) is 4.74 Å². The van der Waals surface area contributed by atoms with E-state index in [1.165, 1.54) is 25.3 Å². The Morgan fingerprint density at radius 3 is 2.79 bits per heavy atom. The predicted octanol–water partition coefficient (Wildman–Crippen LogP) is 1.57. The minimum Gasteiger partial charge on any atom is -0.393 e. The van der Waals surface area contributed by atoms with Gasteiger partial charge in [0.25, 0.3) is 5.91 Å². The van der Waals surface area contributed by atoms with Gasteiger partial charge in [-0.15, -0.1) is 0 Å². The summed E-state index contributed by atoms with van der Waals surface area (Å²) in [6, 6.07) is 4.31. The van der Waals surface area contributed by atoms with Crippen LogP contribution in [-0.2, 0) is 11.3 Å². The number of carbonyl (C=O) groups is 1. The van der Waals surface area contributed by atoms with Crippen LogP contribution in [0.25, 0.3) is 0 Å². The molecule has 1 aromatic carbocycles. The standard InChI is InChI=1S/C14H18FNO3/c1-19-9-11-8-10(2-3-13(11)15)14(18)16-6-4-12(17)5-7-16/h2-3,8,12,17H,4-7,9H2,1H3. The number of nitrogens with zero attached hydrogens (tertiary/aromatic N) is 1. The van der Waals surface area contributed by atoms with E-state index >= 15 is 0 Å². The minimum absolute atomic E-state index is 0.121. The Morgan fingerprint density at radius 1 is 1.47 bits per heavy atom. The van der Waals surface area contributed by atoms with Crippen LogP contribution >= 0.6 is 0 Å². The zero-order valence-corrected chi connectivity index (χ0v) is 10.9. The fourth-order valence-corrected chi connectivity index (χ4v) is 2.23. The molecule has 0 aliphatic carbocycles. The van der Waals surface area contributed by atoms with Gasteiger partial charge >= 0.3 is 0 Å². The van der Waals surface area contributed by atoms with Crippen molar-refractivity contribution in [2.24, 2.45) is 0 Å². The van der Waals surface area contributed by atoms with Gasteiger partial charge in [0.2, 0.25) is 0 Å². The summed E-state index contributed by atoms with van der Waals surface area (Å²) >= 11 is 0. The predicted molar refractivity (Wildman–Crippen MR) is 68.3 cm³/mol. The van der Waals surface area contributed by atoms with Crippen molar-refractivity contribution in [3.8, 4) is 0 Å². The lowest BCUT2D eigenvalue weighted by Crippen LogP contribution is -2.40. The van der Waals surface area contributed by atoms with Gasteiger partial charge < -0.3 is 14.7 Å². The Labute approximate surface area is 111 Å². The maximum absolute atomic E-state index is 13.5. The molecule has 104 valence electrons. The van der Waals surface area contributed by atoms with Crippen molar-refractivity contribution in [1.29, 1.82) is 0 Å². The van der Waals surface area contributed by atoms with Crippen LogP contribution in [0.3, 0.4) is 0 Å². The molecule has 2 rings (SSSR count). The van der Waals surface area contributed by atoms with Crippen LogP contribution in [-0.4, -0.2) is 42.2 Å². The number of hydrogen-bond acceptors (Lipinski definition) is 3. The Bertz CT molecular complexity index is 456. The van der Waals surface area contributed by atoms with E-state index in [-0.39, 0.29) is 24.4 Å². The topological polar surface area (TPSA) is 49.8 Å². The van der Waals surface area contributed by atoms with Crippen molar-refractivity contribution in [3.05, 3.63) is 35.1 Å². The second kappa shape index (κ2) is 6.12. The average molecular weight is 267 g/mol. The van der Waals surface area contributed by atoms with Crippen molar-refractivity contribution in [1.82, 2.24) is 4.90 Å². The molecule has 1 saturated heterocycles. The van der Waals surface area contributed by atoms with Gasteiger partial charge in [-0.1, -0.05) is 0 Å². The number of likely N-dealkylation sites (tertiary alicyclic amines) is 1. The highest BCUT2D eigenvalue weighted by molar-refractivity contribution is 5.94. The van der Waals surface area contributed by atoms with E-state index in [1.807, 2.05) is 0 Å². The largest absolute Gasteiger partial charge is 0.393 e. The molecule has 1 fully saturated rings. The lowest BCUT2D eigenvalue weighted by Gasteiger charge is -2.29. The first-order chi connectivity index (χ1) is 9.11. The molecule has 0 bridgehead atoms. The molecule has 0 spiro atoms. The number of benzene rings is 1. The monoisotopic (exact) mass is 267 g/mol. The van der Waals surface area contributed by atoms with Gasteiger partial charge in [0.1, 0.15) is 5.82 Å². The Kier molecular flexibility index (Phi) is 4.50. The molecule has 5 heteroatoms. The van der Waals surface area contributed by atoms with E-state index in [2.05, 4.69) is 0 Å². The molecule has 1 aliphatic heterocycles. The highest BCUT2D eigenvalue weighted by Gasteiger charge is 2.22. The maximum atomic E-state index is 13.5. The van der Waals surface area contributed by atoms with Gasteiger partial charge in [0.05, 0.1) is 12.7 Å². The summed E-state index contributed by atoms with van der Waals surface area (Å²) in [7, 11) is 1.49. The van der Waals surface area contributed by atoms with Gasteiger partial charge in [-0.3, -0.25) is 4.79 Å². The molecule has 4 nitrogen and oxygen atoms in total.